The van der Waals surface area contributed by atoms with Crippen LogP contribution in [-0.2, 0) is 0 Å². The van der Waals surface area contributed by atoms with E-state index in [0.29, 0.717) is 12.1 Å². The van der Waals surface area contributed by atoms with Gasteiger partial charge in [0.1, 0.15) is 0 Å². The summed E-state index contributed by atoms with van der Waals surface area (Å²) in [6.45, 7) is 5.65. The van der Waals surface area contributed by atoms with Gasteiger partial charge in [-0.1, -0.05) is 13.3 Å². The first-order valence-electron chi connectivity index (χ1n) is 5.71. The Balaban J connectivity index is 2.13. The fraction of sp³-hybridized carbons (Fsp3) is 1.00. The highest BCUT2D eigenvalue weighted by Crippen LogP contribution is 2.22. The van der Waals surface area contributed by atoms with Gasteiger partial charge in [-0.2, -0.15) is 0 Å². The molecule has 0 aromatic rings. The van der Waals surface area contributed by atoms with Gasteiger partial charge in [-0.15, -0.1) is 0 Å². The Hall–Kier alpha value is -0.0800. The van der Waals surface area contributed by atoms with Gasteiger partial charge in [0.05, 0.1) is 0 Å². The zero-order valence-electron chi connectivity index (χ0n) is 9.05. The quantitative estimate of drug-likeness (QED) is 0.700. The van der Waals surface area contributed by atoms with Crippen molar-refractivity contribution in [3.63, 3.8) is 0 Å². The standard InChI is InChI=1S/C11H24N2/c1-3-9(2)13-8-10-5-4-6-11(12)7-10/h9-11,13H,3-8,12H2,1-2H3. The van der Waals surface area contributed by atoms with Crippen LogP contribution in [0.4, 0.5) is 0 Å². The van der Waals surface area contributed by atoms with E-state index in [1.54, 1.807) is 0 Å². The van der Waals surface area contributed by atoms with Crippen LogP contribution in [0.5, 0.6) is 0 Å². The molecule has 0 aromatic heterocycles. The molecule has 3 N–H and O–H groups in total. The van der Waals surface area contributed by atoms with Crippen molar-refractivity contribution >= 4 is 0 Å². The molecule has 1 saturated carbocycles. The van der Waals surface area contributed by atoms with Gasteiger partial charge in [0, 0.05) is 12.1 Å². The second-order valence-electron chi connectivity index (χ2n) is 4.51. The van der Waals surface area contributed by atoms with Crippen LogP contribution < -0.4 is 11.1 Å². The van der Waals surface area contributed by atoms with Crippen LogP contribution in [0, 0.1) is 5.92 Å². The molecule has 0 bridgehead atoms. The van der Waals surface area contributed by atoms with Crippen molar-refractivity contribution in [1.29, 1.82) is 0 Å². The fourth-order valence-corrected chi connectivity index (χ4v) is 2.03. The number of nitrogens with two attached hydrogens (primary N) is 1. The molecule has 78 valence electrons. The van der Waals surface area contributed by atoms with Crippen molar-refractivity contribution in [1.82, 2.24) is 5.32 Å². The van der Waals surface area contributed by atoms with Crippen molar-refractivity contribution in [2.24, 2.45) is 11.7 Å². The largest absolute Gasteiger partial charge is 0.328 e. The molecule has 0 saturated heterocycles. The highest BCUT2D eigenvalue weighted by Gasteiger charge is 2.18. The Morgan fingerprint density at radius 2 is 2.23 bits per heavy atom. The summed E-state index contributed by atoms with van der Waals surface area (Å²) >= 11 is 0. The molecular weight excluding hydrogens is 160 g/mol. The molecule has 2 nitrogen and oxygen atoms in total. The van der Waals surface area contributed by atoms with Gasteiger partial charge in [-0.3, -0.25) is 0 Å². The van der Waals surface area contributed by atoms with Gasteiger partial charge >= 0.3 is 0 Å². The SMILES string of the molecule is CCC(C)NCC1CCCC(N)C1. The van der Waals surface area contributed by atoms with Crippen LogP contribution in [0.15, 0.2) is 0 Å². The monoisotopic (exact) mass is 184 g/mol. The molecule has 0 amide bonds. The Bertz CT molecular complexity index is 136. The van der Waals surface area contributed by atoms with Crippen molar-refractivity contribution in [3.05, 3.63) is 0 Å². The molecule has 1 aliphatic rings. The average Bonchev–Trinajstić information content (AvgIpc) is 2.14. The lowest BCUT2D eigenvalue weighted by Crippen LogP contribution is -2.36. The van der Waals surface area contributed by atoms with Crippen LogP contribution >= 0.6 is 0 Å². The Kier molecular flexibility index (Phi) is 4.74. The van der Waals surface area contributed by atoms with E-state index in [9.17, 15) is 0 Å². The van der Waals surface area contributed by atoms with Crippen molar-refractivity contribution in [3.8, 4) is 0 Å². The normalized spacial score (nSPS) is 31.6. The summed E-state index contributed by atoms with van der Waals surface area (Å²) in [6.07, 6.45) is 6.38. The van der Waals surface area contributed by atoms with Gasteiger partial charge in [0.15, 0.2) is 0 Å². The first kappa shape index (κ1) is 11.0. The molecule has 0 aliphatic heterocycles. The lowest BCUT2D eigenvalue weighted by Gasteiger charge is -2.27. The molecule has 2 heteroatoms. The highest BCUT2D eigenvalue weighted by molar-refractivity contribution is 4.77. The minimum absolute atomic E-state index is 0.470. The topological polar surface area (TPSA) is 38.0 Å². The van der Waals surface area contributed by atoms with E-state index >= 15 is 0 Å². The second-order valence-corrected chi connectivity index (χ2v) is 4.51. The summed E-state index contributed by atoms with van der Waals surface area (Å²) in [5.74, 6) is 0.831. The lowest BCUT2D eigenvalue weighted by atomic mass is 9.86. The minimum atomic E-state index is 0.470. The molecule has 1 aliphatic carbocycles. The van der Waals surface area contributed by atoms with E-state index < -0.39 is 0 Å². The summed E-state index contributed by atoms with van der Waals surface area (Å²) in [5.41, 5.74) is 5.94. The summed E-state index contributed by atoms with van der Waals surface area (Å²) in [7, 11) is 0. The van der Waals surface area contributed by atoms with Crippen LogP contribution in [-0.4, -0.2) is 18.6 Å². The van der Waals surface area contributed by atoms with E-state index in [1.165, 1.54) is 38.6 Å². The van der Waals surface area contributed by atoms with Crippen molar-refractivity contribution in [2.75, 3.05) is 6.54 Å². The first-order chi connectivity index (χ1) is 6.22. The van der Waals surface area contributed by atoms with Gasteiger partial charge in [-0.05, 0) is 45.1 Å². The molecule has 13 heavy (non-hydrogen) atoms. The second kappa shape index (κ2) is 5.61. The third kappa shape index (κ3) is 4.10. The lowest BCUT2D eigenvalue weighted by molar-refractivity contribution is 0.301. The molecule has 0 aromatic carbocycles. The maximum Gasteiger partial charge on any atom is 0.00419 e. The third-order valence-corrected chi connectivity index (χ3v) is 3.19. The molecule has 0 radical (unpaired) electrons. The predicted molar refractivity (Wildman–Crippen MR) is 57.7 cm³/mol. The molecule has 1 fully saturated rings. The minimum Gasteiger partial charge on any atom is -0.328 e. The summed E-state index contributed by atoms with van der Waals surface area (Å²) in [4.78, 5) is 0. The molecule has 0 spiro atoms. The first-order valence-corrected chi connectivity index (χ1v) is 5.71. The molecule has 3 unspecified atom stereocenters. The predicted octanol–water partition coefficient (Wildman–Crippen LogP) is 1.89. The highest BCUT2D eigenvalue weighted by atomic mass is 14.9. The van der Waals surface area contributed by atoms with Crippen LogP contribution in [0.25, 0.3) is 0 Å². The zero-order valence-corrected chi connectivity index (χ0v) is 9.05. The Morgan fingerprint density at radius 1 is 1.46 bits per heavy atom. The number of hydrogen-bond donors (Lipinski definition) is 2. The third-order valence-electron chi connectivity index (χ3n) is 3.19. The number of nitrogens with one attached hydrogen (secondary N) is 1. The molecule has 3 atom stereocenters. The van der Waals surface area contributed by atoms with Crippen molar-refractivity contribution in [2.45, 2.75) is 58.0 Å². The van der Waals surface area contributed by atoms with E-state index in [0.717, 1.165) is 5.92 Å². The van der Waals surface area contributed by atoms with Crippen LogP contribution in [0.3, 0.4) is 0 Å². The summed E-state index contributed by atoms with van der Waals surface area (Å²) < 4.78 is 0. The van der Waals surface area contributed by atoms with Gasteiger partial charge in [0.2, 0.25) is 0 Å². The zero-order chi connectivity index (χ0) is 9.68. The van der Waals surface area contributed by atoms with E-state index in [-0.39, 0.29) is 0 Å². The van der Waals surface area contributed by atoms with Gasteiger partial charge in [-0.25, -0.2) is 0 Å². The number of hydrogen-bond acceptors (Lipinski definition) is 2. The van der Waals surface area contributed by atoms with Crippen LogP contribution in [0.2, 0.25) is 0 Å². The van der Waals surface area contributed by atoms with Crippen molar-refractivity contribution < 1.29 is 0 Å². The average molecular weight is 184 g/mol. The number of rotatable bonds is 4. The fourth-order valence-electron chi connectivity index (χ4n) is 2.03. The maximum atomic E-state index is 5.94. The molecule has 1 rings (SSSR count). The molecular formula is C11H24N2. The van der Waals surface area contributed by atoms with Gasteiger partial charge in [0.25, 0.3) is 0 Å². The summed E-state index contributed by atoms with van der Waals surface area (Å²) in [5, 5.41) is 3.57. The molecule has 0 heterocycles. The van der Waals surface area contributed by atoms with E-state index in [4.69, 9.17) is 5.73 Å². The summed E-state index contributed by atoms with van der Waals surface area (Å²) in [6, 6.07) is 1.13. The smallest absolute Gasteiger partial charge is 0.00419 e. The maximum absolute atomic E-state index is 5.94. The van der Waals surface area contributed by atoms with Crippen LogP contribution in [0.1, 0.15) is 46.0 Å². The Morgan fingerprint density at radius 3 is 2.85 bits per heavy atom. The van der Waals surface area contributed by atoms with E-state index in [1.807, 2.05) is 0 Å². The van der Waals surface area contributed by atoms with Gasteiger partial charge < -0.3 is 11.1 Å². The van der Waals surface area contributed by atoms with E-state index in [2.05, 4.69) is 19.2 Å². The Labute approximate surface area is 82.3 Å².